The van der Waals surface area contributed by atoms with Crippen LogP contribution in [0.1, 0.15) is 44.7 Å². The average molecular weight is 293 g/mol. The Morgan fingerprint density at radius 3 is 2.75 bits per heavy atom. The van der Waals surface area contributed by atoms with Gasteiger partial charge in [-0.3, -0.25) is 4.90 Å². The fourth-order valence-electron chi connectivity index (χ4n) is 3.51. The number of hydrogen-bond donors (Lipinski definition) is 1. The highest BCUT2D eigenvalue weighted by Crippen LogP contribution is 2.37. The molecule has 1 aliphatic carbocycles. The maximum Gasteiger partial charge on any atom is 0.0453 e. The molecule has 2 nitrogen and oxygen atoms in total. The fraction of sp³-hybridized carbons (Fsp3) is 0.647. The smallest absolute Gasteiger partial charge is 0.0453 e. The summed E-state index contributed by atoms with van der Waals surface area (Å²) in [5.41, 5.74) is 1.27. The predicted molar refractivity (Wildman–Crippen MR) is 85.2 cm³/mol. The molecule has 3 rings (SSSR count). The summed E-state index contributed by atoms with van der Waals surface area (Å²) < 4.78 is 0. The first-order valence-corrected chi connectivity index (χ1v) is 8.32. The van der Waals surface area contributed by atoms with Crippen LogP contribution in [0.15, 0.2) is 24.3 Å². The molecule has 1 heterocycles. The van der Waals surface area contributed by atoms with Crippen LogP contribution in [0.25, 0.3) is 0 Å². The lowest BCUT2D eigenvalue weighted by Crippen LogP contribution is -2.57. The van der Waals surface area contributed by atoms with Gasteiger partial charge in [-0.1, -0.05) is 36.7 Å². The molecule has 1 N–H and O–H groups in total. The van der Waals surface area contributed by atoms with E-state index >= 15 is 0 Å². The van der Waals surface area contributed by atoms with Gasteiger partial charge in [0, 0.05) is 36.2 Å². The minimum Gasteiger partial charge on any atom is -0.311 e. The Kier molecular flexibility index (Phi) is 4.34. The normalized spacial score (nSPS) is 29.4. The summed E-state index contributed by atoms with van der Waals surface area (Å²) in [6, 6.07) is 10.00. The van der Waals surface area contributed by atoms with E-state index in [1.54, 1.807) is 0 Å². The second-order valence-corrected chi connectivity index (χ2v) is 6.72. The van der Waals surface area contributed by atoms with Crippen molar-refractivity contribution < 1.29 is 0 Å². The third-order valence-electron chi connectivity index (χ3n) is 5.01. The van der Waals surface area contributed by atoms with Crippen LogP contribution in [0.4, 0.5) is 0 Å². The highest BCUT2D eigenvalue weighted by Gasteiger charge is 2.38. The Morgan fingerprint density at radius 1 is 1.35 bits per heavy atom. The molecule has 3 atom stereocenters. The summed E-state index contributed by atoms with van der Waals surface area (Å²) in [5, 5.41) is 4.66. The maximum atomic E-state index is 6.40. The molecule has 0 spiro atoms. The number of rotatable bonds is 4. The summed E-state index contributed by atoms with van der Waals surface area (Å²) in [6.45, 7) is 6.87. The Balaban J connectivity index is 1.79. The Bertz CT molecular complexity index is 458. The SMILES string of the molecule is CCC1CNC(C2CC2)CN1C(C)c1ccccc1Cl. The van der Waals surface area contributed by atoms with Gasteiger partial charge in [-0.25, -0.2) is 0 Å². The zero-order chi connectivity index (χ0) is 14.1. The molecular formula is C17H25ClN2. The second kappa shape index (κ2) is 6.05. The van der Waals surface area contributed by atoms with Crippen LogP contribution < -0.4 is 5.32 Å². The first kappa shape index (κ1) is 14.4. The summed E-state index contributed by atoms with van der Waals surface area (Å²) in [4.78, 5) is 2.67. The molecule has 110 valence electrons. The first-order valence-electron chi connectivity index (χ1n) is 7.94. The summed E-state index contributed by atoms with van der Waals surface area (Å²) in [5.74, 6) is 0.911. The van der Waals surface area contributed by atoms with Gasteiger partial charge in [-0.2, -0.15) is 0 Å². The zero-order valence-electron chi connectivity index (χ0n) is 12.5. The molecular weight excluding hydrogens is 268 g/mol. The molecule has 0 radical (unpaired) electrons. The van der Waals surface area contributed by atoms with E-state index in [0.717, 1.165) is 24.0 Å². The zero-order valence-corrected chi connectivity index (χ0v) is 13.2. The molecule has 1 saturated heterocycles. The van der Waals surface area contributed by atoms with E-state index in [0.29, 0.717) is 18.1 Å². The average Bonchev–Trinajstić information content (AvgIpc) is 3.31. The quantitative estimate of drug-likeness (QED) is 0.906. The van der Waals surface area contributed by atoms with Gasteiger partial charge < -0.3 is 5.32 Å². The Hall–Kier alpha value is -0.570. The fourth-order valence-corrected chi connectivity index (χ4v) is 3.80. The molecule has 3 heteroatoms. The van der Waals surface area contributed by atoms with Gasteiger partial charge >= 0.3 is 0 Å². The molecule has 3 unspecified atom stereocenters. The van der Waals surface area contributed by atoms with Gasteiger partial charge in [0.25, 0.3) is 0 Å². The van der Waals surface area contributed by atoms with Gasteiger partial charge in [0.05, 0.1) is 0 Å². The van der Waals surface area contributed by atoms with Gasteiger partial charge in [0.1, 0.15) is 0 Å². The van der Waals surface area contributed by atoms with Crippen LogP contribution in [-0.4, -0.2) is 30.1 Å². The summed E-state index contributed by atoms with van der Waals surface area (Å²) in [7, 11) is 0. The molecule has 0 amide bonds. The lowest BCUT2D eigenvalue weighted by molar-refractivity contribution is 0.0803. The van der Waals surface area contributed by atoms with Crippen LogP contribution in [0, 0.1) is 5.92 Å². The monoisotopic (exact) mass is 292 g/mol. The number of nitrogens with zero attached hydrogens (tertiary/aromatic N) is 1. The number of hydrogen-bond acceptors (Lipinski definition) is 2. The van der Waals surface area contributed by atoms with E-state index in [9.17, 15) is 0 Å². The third kappa shape index (κ3) is 2.88. The standard InChI is InChI=1S/C17H25ClN2/c1-3-14-10-19-17(13-8-9-13)11-20(14)12(2)15-6-4-5-7-16(15)18/h4-7,12-14,17,19H,3,8-11H2,1-2H3. The minimum absolute atomic E-state index is 0.400. The second-order valence-electron chi connectivity index (χ2n) is 6.31. The van der Waals surface area contributed by atoms with Crippen molar-refractivity contribution in [3.8, 4) is 0 Å². The first-order chi connectivity index (χ1) is 9.70. The summed E-state index contributed by atoms with van der Waals surface area (Å²) in [6.07, 6.45) is 4.00. The van der Waals surface area contributed by atoms with E-state index in [-0.39, 0.29) is 0 Å². The number of nitrogens with one attached hydrogen (secondary N) is 1. The topological polar surface area (TPSA) is 15.3 Å². The van der Waals surface area contributed by atoms with Gasteiger partial charge in [0.15, 0.2) is 0 Å². The van der Waals surface area contributed by atoms with Crippen molar-refractivity contribution in [2.24, 2.45) is 5.92 Å². The number of benzene rings is 1. The Labute approximate surface area is 127 Å². The van der Waals surface area contributed by atoms with Crippen molar-refractivity contribution in [3.05, 3.63) is 34.9 Å². The third-order valence-corrected chi connectivity index (χ3v) is 5.35. The summed E-state index contributed by atoms with van der Waals surface area (Å²) >= 11 is 6.40. The minimum atomic E-state index is 0.400. The van der Waals surface area contributed by atoms with Crippen LogP contribution in [0.3, 0.4) is 0 Å². The van der Waals surface area contributed by atoms with Gasteiger partial charge in [-0.05, 0) is 43.7 Å². The van der Waals surface area contributed by atoms with Crippen LogP contribution >= 0.6 is 11.6 Å². The lowest BCUT2D eigenvalue weighted by atomic mass is 9.98. The van der Waals surface area contributed by atoms with E-state index in [4.69, 9.17) is 11.6 Å². The van der Waals surface area contributed by atoms with Crippen molar-refractivity contribution >= 4 is 11.6 Å². The molecule has 1 aromatic rings. The number of piperazine rings is 1. The van der Waals surface area contributed by atoms with Crippen molar-refractivity contribution in [3.63, 3.8) is 0 Å². The van der Waals surface area contributed by atoms with Crippen molar-refractivity contribution in [2.45, 2.75) is 51.2 Å². The van der Waals surface area contributed by atoms with E-state index in [2.05, 4.69) is 36.2 Å². The largest absolute Gasteiger partial charge is 0.311 e. The molecule has 2 fully saturated rings. The van der Waals surface area contributed by atoms with E-state index in [1.165, 1.54) is 24.8 Å². The van der Waals surface area contributed by atoms with E-state index in [1.807, 2.05) is 12.1 Å². The highest BCUT2D eigenvalue weighted by molar-refractivity contribution is 6.31. The van der Waals surface area contributed by atoms with Gasteiger partial charge in [-0.15, -0.1) is 0 Å². The molecule has 1 saturated carbocycles. The molecule has 2 aliphatic rings. The van der Waals surface area contributed by atoms with Crippen molar-refractivity contribution in [1.29, 1.82) is 0 Å². The Morgan fingerprint density at radius 2 is 2.10 bits per heavy atom. The van der Waals surface area contributed by atoms with Crippen molar-refractivity contribution in [1.82, 2.24) is 10.2 Å². The predicted octanol–water partition coefficient (Wildman–Crippen LogP) is 3.86. The lowest BCUT2D eigenvalue weighted by Gasteiger charge is -2.44. The molecule has 1 aliphatic heterocycles. The highest BCUT2D eigenvalue weighted by atomic mass is 35.5. The van der Waals surface area contributed by atoms with E-state index < -0.39 is 0 Å². The molecule has 0 aromatic heterocycles. The van der Waals surface area contributed by atoms with Crippen molar-refractivity contribution in [2.75, 3.05) is 13.1 Å². The van der Waals surface area contributed by atoms with Crippen LogP contribution in [0.2, 0.25) is 5.02 Å². The van der Waals surface area contributed by atoms with Crippen LogP contribution in [-0.2, 0) is 0 Å². The molecule has 0 bridgehead atoms. The van der Waals surface area contributed by atoms with Crippen LogP contribution in [0.5, 0.6) is 0 Å². The maximum absolute atomic E-state index is 6.40. The molecule has 20 heavy (non-hydrogen) atoms. The molecule has 1 aromatic carbocycles. The number of halogens is 1. The van der Waals surface area contributed by atoms with Gasteiger partial charge in [0.2, 0.25) is 0 Å².